The van der Waals surface area contributed by atoms with Gasteiger partial charge < -0.3 is 8.23 Å². The second kappa shape index (κ2) is 5.62. The molecule has 0 heterocycles. The Kier molecular flexibility index (Phi) is 7.01. The van der Waals surface area contributed by atoms with E-state index in [1.807, 2.05) is 0 Å². The summed E-state index contributed by atoms with van der Waals surface area (Å²) in [5.74, 6) is 0. The summed E-state index contributed by atoms with van der Waals surface area (Å²) in [6.07, 6.45) is 0. The third kappa shape index (κ3) is 12.8. The van der Waals surface area contributed by atoms with Crippen LogP contribution in [0, 0.1) is 0 Å². The van der Waals surface area contributed by atoms with E-state index >= 15 is 0 Å². The van der Waals surface area contributed by atoms with Crippen molar-refractivity contribution in [3.05, 3.63) is 0 Å². The zero-order valence-corrected chi connectivity index (χ0v) is 12.5. The van der Waals surface area contributed by atoms with Crippen LogP contribution in [0.25, 0.3) is 0 Å². The van der Waals surface area contributed by atoms with E-state index in [9.17, 15) is 0 Å². The molecule has 2 nitrogen and oxygen atoms in total. The van der Waals surface area contributed by atoms with Crippen LogP contribution in [0.5, 0.6) is 0 Å². The van der Waals surface area contributed by atoms with E-state index in [1.165, 1.54) is 0 Å². The van der Waals surface area contributed by atoms with Gasteiger partial charge in [-0.2, -0.15) is 0 Å². The van der Waals surface area contributed by atoms with Crippen molar-refractivity contribution in [3.63, 3.8) is 0 Å². The predicted molar refractivity (Wildman–Crippen MR) is 73.2 cm³/mol. The zero-order valence-electron chi connectivity index (χ0n) is 9.39. The monoisotopic (exact) mass is 254 g/mol. The summed E-state index contributed by atoms with van der Waals surface area (Å²) in [5, 5.41) is 0. The third-order valence-electron chi connectivity index (χ3n) is 1.04. The van der Waals surface area contributed by atoms with Crippen LogP contribution >= 0.6 is 0 Å². The average Bonchev–Trinajstić information content (AvgIpc) is 1.49. The molecule has 0 radical (unpaired) electrons. The molecule has 0 spiro atoms. The lowest BCUT2D eigenvalue weighted by atomic mass is 11.8. The maximum atomic E-state index is 5.90. The Morgan fingerprint density at radius 1 is 0.769 bits per heavy atom. The first-order chi connectivity index (χ1) is 5.10. The Morgan fingerprint density at radius 3 is 1.15 bits per heavy atom. The van der Waals surface area contributed by atoms with Gasteiger partial charge in [-0.1, -0.05) is 0 Å². The highest BCUT2D eigenvalue weighted by Gasteiger charge is 2.24. The molecule has 0 unspecified atom stereocenters. The molecule has 0 aliphatic rings. The fourth-order valence-corrected chi connectivity index (χ4v) is 9.61. The maximum Gasteiger partial charge on any atom is 0.297 e. The van der Waals surface area contributed by atoms with Gasteiger partial charge in [-0.3, -0.25) is 0 Å². The molecule has 0 bridgehead atoms. The lowest BCUT2D eigenvalue weighted by Gasteiger charge is -2.28. The summed E-state index contributed by atoms with van der Waals surface area (Å²) in [6, 6.07) is 0. The topological polar surface area (TPSA) is 18.5 Å². The maximum absolute atomic E-state index is 5.90. The highest BCUT2D eigenvalue weighted by molar-refractivity contribution is 6.80. The van der Waals surface area contributed by atoms with Gasteiger partial charge in [0.25, 0.3) is 9.28 Å². The van der Waals surface area contributed by atoms with Gasteiger partial charge in [0, 0.05) is 0 Å². The van der Waals surface area contributed by atoms with Crippen LogP contribution in [-0.2, 0) is 8.23 Å². The normalized spacial score (nSPS) is 12.9. The first-order valence-electron chi connectivity index (χ1n) is 4.46. The fourth-order valence-electron chi connectivity index (χ4n) is 1.02. The number of hydrogen-bond donors (Lipinski definition) is 0. The Hall–Kier alpha value is 0.788. The Labute approximate surface area is 91.2 Å². The quantitative estimate of drug-likeness (QED) is 0.699. The lowest BCUT2D eigenvalue weighted by molar-refractivity contribution is 0.428. The Bertz CT molecular complexity index is 122. The highest BCUT2D eigenvalue weighted by Crippen LogP contribution is 2.10. The summed E-state index contributed by atoms with van der Waals surface area (Å²) in [5.41, 5.74) is 0. The van der Waals surface area contributed by atoms with E-state index in [0.29, 0.717) is 0 Å². The Morgan fingerprint density at radius 2 is 1.00 bits per heavy atom. The molecule has 0 aromatic heterocycles. The minimum absolute atomic E-state index is 0. The van der Waals surface area contributed by atoms with Crippen molar-refractivity contribution in [1.82, 2.24) is 0 Å². The van der Waals surface area contributed by atoms with E-state index in [2.05, 4.69) is 45.8 Å². The molecule has 0 aliphatic heterocycles. The summed E-state index contributed by atoms with van der Waals surface area (Å²) in [7, 11) is -4.05. The van der Waals surface area contributed by atoms with Crippen molar-refractivity contribution in [1.29, 1.82) is 0 Å². The van der Waals surface area contributed by atoms with Gasteiger partial charge in [-0.15, -0.1) is 0 Å². The molecule has 0 saturated heterocycles. The first-order valence-corrected chi connectivity index (χ1v) is 13.4. The van der Waals surface area contributed by atoms with Crippen molar-refractivity contribution in [2.24, 2.45) is 0 Å². The zero-order chi connectivity index (χ0) is 9.99. The van der Waals surface area contributed by atoms with Crippen molar-refractivity contribution in [2.45, 2.75) is 45.8 Å². The van der Waals surface area contributed by atoms with Gasteiger partial charge in [0.1, 0.15) is 0 Å². The average molecular weight is 255 g/mol. The smallest absolute Gasteiger partial charge is 0.297 e. The van der Waals surface area contributed by atoms with Crippen LogP contribution in [0.2, 0.25) is 45.8 Å². The van der Waals surface area contributed by atoms with Crippen molar-refractivity contribution in [2.75, 3.05) is 0 Å². The molecule has 0 rings (SSSR count). The van der Waals surface area contributed by atoms with Gasteiger partial charge in [0.2, 0.25) is 0 Å². The van der Waals surface area contributed by atoms with E-state index in [0.717, 1.165) is 0 Å². The van der Waals surface area contributed by atoms with Gasteiger partial charge >= 0.3 is 0 Å². The van der Waals surface area contributed by atoms with Crippen LogP contribution in [0.3, 0.4) is 0 Å². The second-order valence-corrected chi connectivity index (χ2v) is 16.5. The van der Waals surface area contributed by atoms with Gasteiger partial charge in [0.15, 0.2) is 16.6 Å². The summed E-state index contributed by atoms with van der Waals surface area (Å²) in [4.78, 5) is 0. The molecule has 6 heteroatoms. The molecule has 0 aliphatic carbocycles. The Balaban J connectivity index is 0. The number of rotatable bonds is 4. The SMILES string of the molecule is C[SiH](O[Si](C)(C)C)O[Si](C)(C)C.[SiH4]. The third-order valence-corrected chi connectivity index (χ3v) is 9.35. The summed E-state index contributed by atoms with van der Waals surface area (Å²) in [6.45, 7) is 15.4. The van der Waals surface area contributed by atoms with Crippen molar-refractivity contribution in [3.8, 4) is 0 Å². The number of hydrogen-bond acceptors (Lipinski definition) is 2. The standard InChI is InChI=1S/C7H22O2Si3.H4Si/c1-10(8-11(2,3)4)9-12(5,6)7;/h10H,1-7H3;1H4. The van der Waals surface area contributed by atoms with Crippen LogP contribution in [-0.4, -0.2) is 36.9 Å². The van der Waals surface area contributed by atoms with Gasteiger partial charge in [0.05, 0.1) is 0 Å². The van der Waals surface area contributed by atoms with Crippen LogP contribution in [0.4, 0.5) is 0 Å². The molecular formula is C7H26O2Si4. The minimum Gasteiger partial charge on any atom is -0.439 e. The van der Waals surface area contributed by atoms with Crippen LogP contribution in [0.15, 0.2) is 0 Å². The van der Waals surface area contributed by atoms with Crippen molar-refractivity contribution < 1.29 is 8.23 Å². The van der Waals surface area contributed by atoms with E-state index < -0.39 is 25.9 Å². The second-order valence-electron chi connectivity index (χ2n) is 5.03. The van der Waals surface area contributed by atoms with E-state index in [1.54, 1.807) is 0 Å². The molecule has 0 aromatic carbocycles. The first kappa shape index (κ1) is 16.2. The predicted octanol–water partition coefficient (Wildman–Crippen LogP) is 1.09. The van der Waals surface area contributed by atoms with E-state index in [4.69, 9.17) is 8.23 Å². The molecular weight excluding hydrogens is 228 g/mol. The molecule has 0 N–H and O–H groups in total. The molecule has 13 heavy (non-hydrogen) atoms. The highest BCUT2D eigenvalue weighted by atomic mass is 28.4. The van der Waals surface area contributed by atoms with E-state index in [-0.39, 0.29) is 11.0 Å². The summed E-state index contributed by atoms with van der Waals surface area (Å²) < 4.78 is 11.8. The lowest BCUT2D eigenvalue weighted by Crippen LogP contribution is -2.41. The minimum atomic E-state index is -1.36. The molecule has 0 aromatic rings. The van der Waals surface area contributed by atoms with Crippen molar-refractivity contribution >= 4 is 36.9 Å². The van der Waals surface area contributed by atoms with Gasteiger partial charge in [-0.25, -0.2) is 0 Å². The largest absolute Gasteiger partial charge is 0.439 e. The van der Waals surface area contributed by atoms with Crippen LogP contribution < -0.4 is 0 Å². The van der Waals surface area contributed by atoms with Gasteiger partial charge in [-0.05, 0) is 56.8 Å². The molecule has 0 amide bonds. The molecule has 0 atom stereocenters. The van der Waals surface area contributed by atoms with Crippen LogP contribution in [0.1, 0.15) is 0 Å². The molecule has 0 fully saturated rings. The molecule has 82 valence electrons. The molecule has 0 saturated carbocycles. The fraction of sp³-hybridized carbons (Fsp3) is 1.00. The summed E-state index contributed by atoms with van der Waals surface area (Å²) >= 11 is 0.